The lowest BCUT2D eigenvalue weighted by Crippen LogP contribution is -2.17. The maximum atomic E-state index is 13.5. The van der Waals surface area contributed by atoms with Gasteiger partial charge in [-0.15, -0.1) is 0 Å². The maximum absolute atomic E-state index is 13.5. The van der Waals surface area contributed by atoms with Crippen LogP contribution < -0.4 is 16.6 Å². The molecule has 19 heavy (non-hydrogen) atoms. The number of anilines is 2. The third kappa shape index (κ3) is 3.15. The molecular weight excluding hydrogens is 273 g/mol. The first-order valence-electron chi connectivity index (χ1n) is 5.15. The Kier molecular flexibility index (Phi) is 3.88. The molecule has 1 heterocycles. The molecule has 0 bridgehead atoms. The molecule has 2 aromatic rings. The number of halogens is 2. The summed E-state index contributed by atoms with van der Waals surface area (Å²) in [7, 11) is 0. The summed E-state index contributed by atoms with van der Waals surface area (Å²) < 4.78 is 13.5. The number of carbonyl (C=O) groups is 1. The van der Waals surface area contributed by atoms with Gasteiger partial charge in [0.1, 0.15) is 11.5 Å². The van der Waals surface area contributed by atoms with Crippen LogP contribution in [0.4, 0.5) is 15.9 Å². The minimum Gasteiger partial charge on any atom is -0.318 e. The summed E-state index contributed by atoms with van der Waals surface area (Å²) in [6.45, 7) is 0. The van der Waals surface area contributed by atoms with Crippen molar-refractivity contribution in [2.45, 2.75) is 0 Å². The number of nitrogens with zero attached hydrogens (tertiary/aromatic N) is 2. The Morgan fingerprint density at radius 2 is 2.16 bits per heavy atom. The number of hydrogen-bond donors (Lipinski definition) is 3. The van der Waals surface area contributed by atoms with Crippen LogP contribution in [0.1, 0.15) is 10.5 Å². The van der Waals surface area contributed by atoms with Crippen LogP contribution in [0, 0.1) is 5.82 Å². The third-order valence-electron chi connectivity index (χ3n) is 2.19. The fourth-order valence-corrected chi connectivity index (χ4v) is 1.48. The van der Waals surface area contributed by atoms with Gasteiger partial charge in [0.15, 0.2) is 5.82 Å². The lowest BCUT2D eigenvalue weighted by atomic mass is 10.3. The van der Waals surface area contributed by atoms with Crippen molar-refractivity contribution in [3.05, 3.63) is 47.1 Å². The number of carbonyl (C=O) groups excluding carboxylic acids is 1. The van der Waals surface area contributed by atoms with Crippen molar-refractivity contribution in [2.75, 3.05) is 10.7 Å². The van der Waals surface area contributed by atoms with E-state index in [1.807, 2.05) is 0 Å². The van der Waals surface area contributed by atoms with Crippen LogP contribution in [0.3, 0.4) is 0 Å². The highest BCUT2D eigenvalue weighted by atomic mass is 35.5. The average Bonchev–Trinajstić information content (AvgIpc) is 2.42. The predicted octanol–water partition coefficient (Wildman–Crippen LogP) is 1.81. The van der Waals surface area contributed by atoms with E-state index in [9.17, 15) is 9.18 Å². The van der Waals surface area contributed by atoms with Crippen molar-refractivity contribution in [1.82, 2.24) is 9.97 Å². The Morgan fingerprint density at radius 3 is 2.84 bits per heavy atom. The number of aromatic nitrogens is 2. The van der Waals surface area contributed by atoms with E-state index in [2.05, 4.69) is 20.7 Å². The van der Waals surface area contributed by atoms with E-state index in [-0.39, 0.29) is 22.2 Å². The molecule has 1 aromatic carbocycles. The minimum absolute atomic E-state index is 0.00214. The highest BCUT2D eigenvalue weighted by molar-refractivity contribution is 6.30. The van der Waals surface area contributed by atoms with E-state index in [1.54, 1.807) is 0 Å². The van der Waals surface area contributed by atoms with Crippen LogP contribution in [0.2, 0.25) is 5.02 Å². The van der Waals surface area contributed by atoms with Gasteiger partial charge >= 0.3 is 0 Å². The molecule has 1 amide bonds. The maximum Gasteiger partial charge on any atom is 0.276 e. The fourth-order valence-electron chi connectivity index (χ4n) is 1.32. The highest BCUT2D eigenvalue weighted by Crippen LogP contribution is 2.19. The van der Waals surface area contributed by atoms with Gasteiger partial charge in [-0.1, -0.05) is 11.6 Å². The van der Waals surface area contributed by atoms with Crippen LogP contribution in [-0.4, -0.2) is 15.9 Å². The summed E-state index contributed by atoms with van der Waals surface area (Å²) in [6.07, 6.45) is 2.59. The molecule has 0 saturated carbocycles. The molecule has 4 N–H and O–H groups in total. The van der Waals surface area contributed by atoms with Gasteiger partial charge in [-0.05, 0) is 18.2 Å². The van der Waals surface area contributed by atoms with Crippen molar-refractivity contribution in [1.29, 1.82) is 0 Å². The standard InChI is InChI=1S/C11H9ClFN5O/c12-6-1-2-8(7(13)3-6)17-11(19)9-4-15-5-10(16-9)18-14/h1-5H,14H2,(H,16,18)(H,17,19). The second-order valence-corrected chi connectivity index (χ2v) is 3.95. The zero-order chi connectivity index (χ0) is 13.8. The van der Waals surface area contributed by atoms with Crippen molar-refractivity contribution >= 4 is 29.0 Å². The van der Waals surface area contributed by atoms with Crippen molar-refractivity contribution in [3.8, 4) is 0 Å². The molecule has 0 fully saturated rings. The molecule has 0 atom stereocenters. The van der Waals surface area contributed by atoms with E-state index in [0.717, 1.165) is 6.07 Å². The number of nitrogen functional groups attached to an aromatic ring is 1. The van der Waals surface area contributed by atoms with E-state index >= 15 is 0 Å². The largest absolute Gasteiger partial charge is 0.318 e. The van der Waals surface area contributed by atoms with Crippen molar-refractivity contribution in [3.63, 3.8) is 0 Å². The number of hydrazine groups is 1. The van der Waals surface area contributed by atoms with Gasteiger partial charge < -0.3 is 10.7 Å². The molecule has 0 unspecified atom stereocenters. The molecule has 6 nitrogen and oxygen atoms in total. The van der Waals surface area contributed by atoms with Gasteiger partial charge in [0.25, 0.3) is 5.91 Å². The van der Waals surface area contributed by atoms with Gasteiger partial charge in [-0.3, -0.25) is 9.78 Å². The Hall–Kier alpha value is -2.25. The Morgan fingerprint density at radius 1 is 1.37 bits per heavy atom. The van der Waals surface area contributed by atoms with Crippen LogP contribution in [-0.2, 0) is 0 Å². The Labute approximate surface area is 112 Å². The topological polar surface area (TPSA) is 92.9 Å². The zero-order valence-corrected chi connectivity index (χ0v) is 10.3. The number of benzene rings is 1. The Balaban J connectivity index is 2.20. The summed E-state index contributed by atoms with van der Waals surface area (Å²) in [5.41, 5.74) is 2.27. The zero-order valence-electron chi connectivity index (χ0n) is 9.52. The molecule has 98 valence electrons. The molecule has 0 saturated heterocycles. The van der Waals surface area contributed by atoms with Crippen LogP contribution in [0.15, 0.2) is 30.6 Å². The van der Waals surface area contributed by atoms with Gasteiger partial charge in [-0.2, -0.15) is 0 Å². The average molecular weight is 282 g/mol. The van der Waals surface area contributed by atoms with E-state index in [4.69, 9.17) is 17.4 Å². The van der Waals surface area contributed by atoms with Crippen LogP contribution >= 0.6 is 11.6 Å². The summed E-state index contributed by atoms with van der Waals surface area (Å²) in [6, 6.07) is 3.92. The quantitative estimate of drug-likeness (QED) is 0.589. The number of nitrogens with two attached hydrogens (primary N) is 1. The van der Waals surface area contributed by atoms with Crippen LogP contribution in [0.5, 0.6) is 0 Å². The predicted molar refractivity (Wildman–Crippen MR) is 69.2 cm³/mol. The SMILES string of the molecule is NNc1cncc(C(=O)Nc2ccc(Cl)cc2F)n1. The minimum atomic E-state index is -0.637. The van der Waals surface area contributed by atoms with Crippen LogP contribution in [0.25, 0.3) is 0 Å². The summed E-state index contributed by atoms with van der Waals surface area (Å²) >= 11 is 5.61. The number of amides is 1. The van der Waals surface area contributed by atoms with Gasteiger partial charge in [-0.25, -0.2) is 15.2 Å². The van der Waals surface area contributed by atoms with Gasteiger partial charge in [0.2, 0.25) is 0 Å². The third-order valence-corrected chi connectivity index (χ3v) is 2.43. The van der Waals surface area contributed by atoms with E-state index in [0.29, 0.717) is 0 Å². The lowest BCUT2D eigenvalue weighted by Gasteiger charge is -2.06. The highest BCUT2D eigenvalue weighted by Gasteiger charge is 2.11. The molecule has 2 rings (SSSR count). The Bertz CT molecular complexity index is 622. The molecule has 0 spiro atoms. The molecule has 0 aliphatic heterocycles. The lowest BCUT2D eigenvalue weighted by molar-refractivity contribution is 0.102. The fraction of sp³-hybridized carbons (Fsp3) is 0. The summed E-state index contributed by atoms with van der Waals surface area (Å²) in [5.74, 6) is 4.14. The molecule has 1 aromatic heterocycles. The summed E-state index contributed by atoms with van der Waals surface area (Å²) in [5, 5.41) is 2.60. The van der Waals surface area contributed by atoms with Gasteiger partial charge in [0.05, 0.1) is 18.1 Å². The summed E-state index contributed by atoms with van der Waals surface area (Å²) in [4.78, 5) is 19.5. The molecule has 0 aliphatic rings. The monoisotopic (exact) mass is 281 g/mol. The van der Waals surface area contributed by atoms with Crippen molar-refractivity contribution < 1.29 is 9.18 Å². The first-order valence-corrected chi connectivity index (χ1v) is 5.53. The molecule has 8 heteroatoms. The molecule has 0 aliphatic carbocycles. The smallest absolute Gasteiger partial charge is 0.276 e. The van der Waals surface area contributed by atoms with E-state index in [1.165, 1.54) is 24.5 Å². The number of rotatable bonds is 3. The number of nitrogens with one attached hydrogen (secondary N) is 2. The molecule has 0 radical (unpaired) electrons. The van der Waals surface area contributed by atoms with Crippen molar-refractivity contribution in [2.24, 2.45) is 5.84 Å². The second kappa shape index (κ2) is 5.59. The first kappa shape index (κ1) is 13.2. The second-order valence-electron chi connectivity index (χ2n) is 3.51. The molecular formula is C11H9ClFN5O. The normalized spacial score (nSPS) is 10.1. The van der Waals surface area contributed by atoms with E-state index < -0.39 is 11.7 Å². The number of hydrogen-bond acceptors (Lipinski definition) is 5. The first-order chi connectivity index (χ1) is 9.10. The van der Waals surface area contributed by atoms with Gasteiger partial charge in [0, 0.05) is 5.02 Å².